The van der Waals surface area contributed by atoms with Gasteiger partial charge in [0.1, 0.15) is 0 Å². The van der Waals surface area contributed by atoms with E-state index in [1.807, 2.05) is 41.5 Å². The fourth-order valence-electron chi connectivity index (χ4n) is 3.22. The Bertz CT molecular complexity index is 654. The number of carbonyl (C=O) groups excluding carboxylic acids is 1. The first kappa shape index (κ1) is 17.5. The molecule has 0 aliphatic carbocycles. The minimum Gasteiger partial charge on any atom is -0.387 e. The maximum absolute atomic E-state index is 12.8. The van der Waals surface area contributed by atoms with Gasteiger partial charge in [0.05, 0.1) is 11.1 Å². The Labute approximate surface area is 151 Å². The summed E-state index contributed by atoms with van der Waals surface area (Å²) in [5.41, 5.74) is 0. The van der Waals surface area contributed by atoms with Crippen molar-refractivity contribution in [3.63, 3.8) is 0 Å². The van der Waals surface area contributed by atoms with Crippen LogP contribution in [0.25, 0.3) is 0 Å². The van der Waals surface area contributed by atoms with E-state index in [0.29, 0.717) is 6.42 Å². The number of aryl methyl sites for hydroxylation is 1. The molecule has 4 nitrogen and oxygen atoms in total. The lowest BCUT2D eigenvalue weighted by Crippen LogP contribution is -2.43. The van der Waals surface area contributed by atoms with Crippen LogP contribution in [0.2, 0.25) is 0 Å². The highest BCUT2D eigenvalue weighted by atomic mass is 32.1. The standard InChI is InChI=1S/C18H24N2O2S2/c1-13-8-9-17(24-13)19-18(22)20-10-4-2-3-6-14(20)12-15(21)16-7-5-11-23-16/h5,7-9,11,14-15,21H,2-4,6,10,12H2,1H3,(H,19,22)/t14-,15-/m1/s1. The number of nitrogens with zero attached hydrogens (tertiary/aromatic N) is 1. The fraction of sp³-hybridized carbons (Fsp3) is 0.500. The van der Waals surface area contributed by atoms with Gasteiger partial charge in [-0.15, -0.1) is 22.7 Å². The maximum atomic E-state index is 12.8. The molecule has 0 radical (unpaired) electrons. The average molecular weight is 365 g/mol. The zero-order valence-electron chi connectivity index (χ0n) is 13.9. The van der Waals surface area contributed by atoms with Gasteiger partial charge in [0, 0.05) is 22.3 Å². The van der Waals surface area contributed by atoms with Crippen molar-refractivity contribution in [3.8, 4) is 0 Å². The summed E-state index contributed by atoms with van der Waals surface area (Å²) in [7, 11) is 0. The molecule has 0 unspecified atom stereocenters. The van der Waals surface area contributed by atoms with Crippen LogP contribution in [0.3, 0.4) is 0 Å². The van der Waals surface area contributed by atoms with Crippen molar-refractivity contribution in [2.45, 2.75) is 51.2 Å². The minimum absolute atomic E-state index is 0.0397. The van der Waals surface area contributed by atoms with Crippen molar-refractivity contribution in [2.24, 2.45) is 0 Å². The Morgan fingerprint density at radius 3 is 2.96 bits per heavy atom. The van der Waals surface area contributed by atoms with Crippen molar-refractivity contribution in [2.75, 3.05) is 11.9 Å². The number of hydrogen-bond acceptors (Lipinski definition) is 4. The number of hydrogen-bond donors (Lipinski definition) is 2. The Balaban J connectivity index is 1.68. The van der Waals surface area contributed by atoms with E-state index < -0.39 is 6.10 Å². The lowest BCUT2D eigenvalue weighted by atomic mass is 10.0. The van der Waals surface area contributed by atoms with E-state index in [0.717, 1.165) is 42.1 Å². The molecule has 2 N–H and O–H groups in total. The summed E-state index contributed by atoms with van der Waals surface area (Å²) in [5, 5.41) is 16.4. The van der Waals surface area contributed by atoms with E-state index in [1.54, 1.807) is 22.7 Å². The maximum Gasteiger partial charge on any atom is 0.322 e. The summed E-state index contributed by atoms with van der Waals surface area (Å²) in [4.78, 5) is 16.8. The van der Waals surface area contributed by atoms with E-state index in [1.165, 1.54) is 4.88 Å². The van der Waals surface area contributed by atoms with Gasteiger partial charge in [-0.05, 0) is 49.8 Å². The van der Waals surface area contributed by atoms with Crippen LogP contribution in [0.15, 0.2) is 29.6 Å². The van der Waals surface area contributed by atoms with Crippen molar-refractivity contribution >= 4 is 33.7 Å². The van der Waals surface area contributed by atoms with Crippen LogP contribution < -0.4 is 5.32 Å². The molecule has 24 heavy (non-hydrogen) atoms. The van der Waals surface area contributed by atoms with E-state index in [4.69, 9.17) is 0 Å². The number of rotatable bonds is 4. The van der Waals surface area contributed by atoms with E-state index in [-0.39, 0.29) is 12.1 Å². The predicted octanol–water partition coefficient (Wildman–Crippen LogP) is 5.02. The molecular weight excluding hydrogens is 340 g/mol. The van der Waals surface area contributed by atoms with Gasteiger partial charge in [0.15, 0.2) is 0 Å². The SMILES string of the molecule is Cc1ccc(NC(=O)N2CCCCC[C@@H]2C[C@@H](O)c2cccs2)s1. The minimum atomic E-state index is -0.493. The third-order valence-electron chi connectivity index (χ3n) is 4.48. The number of amides is 2. The smallest absolute Gasteiger partial charge is 0.322 e. The topological polar surface area (TPSA) is 52.6 Å². The normalized spacial score (nSPS) is 19.8. The Morgan fingerprint density at radius 1 is 1.38 bits per heavy atom. The van der Waals surface area contributed by atoms with Crippen LogP contribution in [0.1, 0.15) is 48.0 Å². The number of nitrogens with one attached hydrogen (secondary N) is 1. The number of urea groups is 1. The summed E-state index contributed by atoms with van der Waals surface area (Å²) in [5.74, 6) is 0. The fourth-order valence-corrected chi connectivity index (χ4v) is 4.71. The van der Waals surface area contributed by atoms with Gasteiger partial charge in [0.2, 0.25) is 0 Å². The van der Waals surface area contributed by atoms with Crippen LogP contribution in [-0.2, 0) is 0 Å². The summed E-state index contributed by atoms with van der Waals surface area (Å²) in [6.07, 6.45) is 4.36. The Morgan fingerprint density at radius 2 is 2.25 bits per heavy atom. The summed E-state index contributed by atoms with van der Waals surface area (Å²) < 4.78 is 0. The molecule has 2 aromatic rings. The third-order valence-corrected chi connectivity index (χ3v) is 6.37. The zero-order valence-corrected chi connectivity index (χ0v) is 15.5. The van der Waals surface area contributed by atoms with Crippen molar-refractivity contribution in [1.82, 2.24) is 4.90 Å². The van der Waals surface area contributed by atoms with Crippen molar-refractivity contribution < 1.29 is 9.90 Å². The Kier molecular flexibility index (Phi) is 5.92. The molecule has 3 rings (SSSR count). The molecule has 0 aromatic carbocycles. The van der Waals surface area contributed by atoms with E-state index in [9.17, 15) is 9.90 Å². The molecule has 3 heterocycles. The molecule has 1 aliphatic rings. The zero-order chi connectivity index (χ0) is 16.9. The first-order valence-corrected chi connectivity index (χ1v) is 10.2. The van der Waals surface area contributed by atoms with Crippen LogP contribution in [0, 0.1) is 6.92 Å². The second-order valence-electron chi connectivity index (χ2n) is 6.30. The monoisotopic (exact) mass is 364 g/mol. The first-order chi connectivity index (χ1) is 11.6. The van der Waals surface area contributed by atoms with Gasteiger partial charge in [-0.25, -0.2) is 4.79 Å². The highest BCUT2D eigenvalue weighted by Crippen LogP contribution is 2.29. The van der Waals surface area contributed by atoms with Crippen LogP contribution >= 0.6 is 22.7 Å². The molecule has 1 saturated heterocycles. The van der Waals surface area contributed by atoms with Crippen LogP contribution in [-0.4, -0.2) is 28.6 Å². The molecule has 0 bridgehead atoms. The van der Waals surface area contributed by atoms with Crippen molar-refractivity contribution in [1.29, 1.82) is 0 Å². The summed E-state index contributed by atoms with van der Waals surface area (Å²) in [6.45, 7) is 2.80. The number of carbonyl (C=O) groups is 1. The molecule has 2 aromatic heterocycles. The number of likely N-dealkylation sites (tertiary alicyclic amines) is 1. The predicted molar refractivity (Wildman–Crippen MR) is 101 cm³/mol. The van der Waals surface area contributed by atoms with Gasteiger partial charge >= 0.3 is 6.03 Å². The van der Waals surface area contributed by atoms with Crippen LogP contribution in [0.4, 0.5) is 9.80 Å². The molecule has 2 atom stereocenters. The lowest BCUT2D eigenvalue weighted by Gasteiger charge is -2.31. The van der Waals surface area contributed by atoms with Gasteiger partial charge in [0.25, 0.3) is 0 Å². The molecule has 1 aliphatic heterocycles. The first-order valence-electron chi connectivity index (χ1n) is 8.49. The molecule has 6 heteroatoms. The number of aliphatic hydroxyl groups is 1. The van der Waals surface area contributed by atoms with Gasteiger partial charge in [-0.2, -0.15) is 0 Å². The third kappa shape index (κ3) is 4.37. The number of anilines is 1. The second kappa shape index (κ2) is 8.14. The average Bonchev–Trinajstić information content (AvgIpc) is 3.16. The van der Waals surface area contributed by atoms with Gasteiger partial charge < -0.3 is 10.0 Å². The van der Waals surface area contributed by atoms with Crippen LogP contribution in [0.5, 0.6) is 0 Å². The molecule has 0 spiro atoms. The molecule has 1 fully saturated rings. The van der Waals surface area contributed by atoms with Gasteiger partial charge in [-0.1, -0.05) is 18.9 Å². The summed E-state index contributed by atoms with van der Waals surface area (Å²) in [6, 6.07) is 7.93. The molecule has 2 amide bonds. The molecular formula is C18H24N2O2S2. The Hall–Kier alpha value is -1.37. The largest absolute Gasteiger partial charge is 0.387 e. The summed E-state index contributed by atoms with van der Waals surface area (Å²) >= 11 is 3.16. The quantitative estimate of drug-likeness (QED) is 0.800. The molecule has 130 valence electrons. The van der Waals surface area contributed by atoms with E-state index in [2.05, 4.69) is 5.32 Å². The van der Waals surface area contributed by atoms with Gasteiger partial charge in [-0.3, -0.25) is 5.32 Å². The van der Waals surface area contributed by atoms with E-state index >= 15 is 0 Å². The highest BCUT2D eigenvalue weighted by Gasteiger charge is 2.28. The molecule has 0 saturated carbocycles. The highest BCUT2D eigenvalue weighted by molar-refractivity contribution is 7.16. The van der Waals surface area contributed by atoms with Crippen molar-refractivity contribution in [3.05, 3.63) is 39.4 Å². The number of aliphatic hydroxyl groups excluding tert-OH is 1. The number of thiophene rings is 2. The second-order valence-corrected chi connectivity index (χ2v) is 8.57. The lowest BCUT2D eigenvalue weighted by molar-refractivity contribution is 0.118.